The molecule has 0 atom stereocenters. The molecule has 0 aliphatic rings. The molecular formula is C12H14N2O. The molecule has 15 heavy (non-hydrogen) atoms. The van der Waals surface area contributed by atoms with Crippen LogP contribution in [0.15, 0.2) is 30.3 Å². The van der Waals surface area contributed by atoms with E-state index in [-0.39, 0.29) is 6.61 Å². The molecule has 1 aromatic carbocycles. The highest BCUT2D eigenvalue weighted by Gasteiger charge is 2.06. The fraction of sp³-hybridized carbons (Fsp3) is 0.250. The van der Waals surface area contributed by atoms with Crippen LogP contribution in [0.5, 0.6) is 0 Å². The summed E-state index contributed by atoms with van der Waals surface area (Å²) in [5.74, 6) is 0. The lowest BCUT2D eigenvalue weighted by Crippen LogP contribution is -2.01. The lowest BCUT2D eigenvalue weighted by atomic mass is 10.2. The molecule has 0 fully saturated rings. The van der Waals surface area contributed by atoms with Crippen molar-refractivity contribution >= 4 is 0 Å². The normalized spacial score (nSPS) is 10.6. The van der Waals surface area contributed by atoms with Crippen LogP contribution in [0.1, 0.15) is 17.0 Å². The summed E-state index contributed by atoms with van der Waals surface area (Å²) >= 11 is 0. The van der Waals surface area contributed by atoms with Crippen molar-refractivity contribution in [3.05, 3.63) is 47.3 Å². The van der Waals surface area contributed by atoms with Crippen LogP contribution in [-0.4, -0.2) is 14.9 Å². The minimum absolute atomic E-state index is 0.0142. The number of rotatable bonds is 2. The van der Waals surface area contributed by atoms with Gasteiger partial charge in [0.2, 0.25) is 0 Å². The summed E-state index contributed by atoms with van der Waals surface area (Å²) in [6, 6.07) is 9.96. The van der Waals surface area contributed by atoms with E-state index in [2.05, 4.69) is 18.1 Å². The van der Waals surface area contributed by atoms with Crippen LogP contribution >= 0.6 is 0 Å². The Bertz CT molecular complexity index is 474. The average molecular weight is 202 g/mol. The number of aliphatic hydroxyl groups excluding tert-OH is 1. The first-order valence-corrected chi connectivity index (χ1v) is 4.95. The average Bonchev–Trinajstić information content (AvgIpc) is 2.60. The molecular weight excluding hydrogens is 188 g/mol. The summed E-state index contributed by atoms with van der Waals surface area (Å²) in [6.07, 6.45) is 0. The van der Waals surface area contributed by atoms with Crippen LogP contribution in [0.25, 0.3) is 5.69 Å². The topological polar surface area (TPSA) is 38.0 Å². The van der Waals surface area contributed by atoms with E-state index in [1.54, 1.807) is 0 Å². The van der Waals surface area contributed by atoms with Crippen molar-refractivity contribution in [1.29, 1.82) is 0 Å². The van der Waals surface area contributed by atoms with Crippen LogP contribution < -0.4 is 0 Å². The second-order valence-corrected chi connectivity index (χ2v) is 3.63. The Morgan fingerprint density at radius 1 is 1.27 bits per heavy atom. The fourth-order valence-electron chi connectivity index (χ4n) is 1.66. The van der Waals surface area contributed by atoms with Crippen molar-refractivity contribution in [3.63, 3.8) is 0 Å². The third-order valence-electron chi connectivity index (χ3n) is 2.44. The molecule has 1 heterocycles. The lowest BCUT2D eigenvalue weighted by molar-refractivity contribution is 0.276. The maximum atomic E-state index is 9.02. The standard InChI is InChI=1S/C12H14N2O/c1-9-5-3-4-6-12(9)14-10(2)7-11(8-15)13-14/h3-7,15H,8H2,1-2H3. The Labute approximate surface area is 89.0 Å². The van der Waals surface area contributed by atoms with Gasteiger partial charge in [0.1, 0.15) is 0 Å². The molecule has 0 bridgehead atoms. The molecule has 0 aliphatic carbocycles. The predicted molar refractivity (Wildman–Crippen MR) is 59.0 cm³/mol. The molecule has 3 heteroatoms. The molecule has 78 valence electrons. The number of aryl methyl sites for hydroxylation is 2. The van der Waals surface area contributed by atoms with Crippen molar-refractivity contribution < 1.29 is 5.11 Å². The molecule has 0 unspecified atom stereocenters. The quantitative estimate of drug-likeness (QED) is 0.808. The molecule has 0 spiro atoms. The molecule has 0 radical (unpaired) electrons. The third-order valence-corrected chi connectivity index (χ3v) is 2.44. The molecule has 0 saturated heterocycles. The summed E-state index contributed by atoms with van der Waals surface area (Å²) < 4.78 is 1.86. The van der Waals surface area contributed by atoms with Crippen LogP contribution in [-0.2, 0) is 6.61 Å². The van der Waals surface area contributed by atoms with Crippen LogP contribution in [0, 0.1) is 13.8 Å². The zero-order valence-corrected chi connectivity index (χ0v) is 8.94. The van der Waals surface area contributed by atoms with Gasteiger partial charge in [0.15, 0.2) is 0 Å². The van der Waals surface area contributed by atoms with Crippen molar-refractivity contribution in [2.75, 3.05) is 0 Å². The first kappa shape index (κ1) is 9.93. The number of nitrogens with zero attached hydrogens (tertiary/aromatic N) is 2. The third kappa shape index (κ3) is 1.78. The van der Waals surface area contributed by atoms with Gasteiger partial charge in [-0.15, -0.1) is 0 Å². The van der Waals surface area contributed by atoms with E-state index in [9.17, 15) is 0 Å². The fourth-order valence-corrected chi connectivity index (χ4v) is 1.66. The molecule has 0 amide bonds. The second-order valence-electron chi connectivity index (χ2n) is 3.63. The number of aliphatic hydroxyl groups is 1. The largest absolute Gasteiger partial charge is 0.390 e. The summed E-state index contributed by atoms with van der Waals surface area (Å²) in [5.41, 5.74) is 3.98. The van der Waals surface area contributed by atoms with Gasteiger partial charge >= 0.3 is 0 Å². The van der Waals surface area contributed by atoms with Gasteiger partial charge < -0.3 is 5.11 Å². The Hall–Kier alpha value is -1.61. The number of para-hydroxylation sites is 1. The van der Waals surface area contributed by atoms with E-state index in [1.807, 2.05) is 35.9 Å². The Morgan fingerprint density at radius 2 is 2.00 bits per heavy atom. The Morgan fingerprint density at radius 3 is 2.60 bits per heavy atom. The van der Waals surface area contributed by atoms with Crippen molar-refractivity contribution in [2.24, 2.45) is 0 Å². The zero-order valence-electron chi connectivity index (χ0n) is 8.94. The minimum atomic E-state index is -0.0142. The summed E-state index contributed by atoms with van der Waals surface area (Å²) in [4.78, 5) is 0. The maximum absolute atomic E-state index is 9.02. The van der Waals surface area contributed by atoms with E-state index in [1.165, 1.54) is 5.56 Å². The lowest BCUT2D eigenvalue weighted by Gasteiger charge is -2.07. The van der Waals surface area contributed by atoms with Crippen molar-refractivity contribution in [1.82, 2.24) is 9.78 Å². The number of benzene rings is 1. The van der Waals surface area contributed by atoms with Gasteiger partial charge in [0, 0.05) is 5.69 Å². The molecule has 2 rings (SSSR count). The van der Waals surface area contributed by atoms with E-state index >= 15 is 0 Å². The van der Waals surface area contributed by atoms with Gasteiger partial charge in [-0.25, -0.2) is 4.68 Å². The van der Waals surface area contributed by atoms with Crippen LogP contribution in [0.4, 0.5) is 0 Å². The summed E-state index contributed by atoms with van der Waals surface area (Å²) in [6.45, 7) is 4.02. The van der Waals surface area contributed by atoms with Gasteiger partial charge in [-0.2, -0.15) is 5.10 Å². The van der Waals surface area contributed by atoms with E-state index in [0.717, 1.165) is 11.4 Å². The smallest absolute Gasteiger partial charge is 0.0886 e. The SMILES string of the molecule is Cc1ccccc1-n1nc(CO)cc1C. The second kappa shape index (κ2) is 3.87. The zero-order chi connectivity index (χ0) is 10.8. The van der Waals surface area contributed by atoms with Crippen molar-refractivity contribution in [2.45, 2.75) is 20.5 Å². The number of hydrogen-bond acceptors (Lipinski definition) is 2. The number of aromatic nitrogens is 2. The molecule has 2 aromatic rings. The van der Waals surface area contributed by atoms with E-state index in [0.29, 0.717) is 5.69 Å². The Balaban J connectivity index is 2.54. The first-order valence-electron chi connectivity index (χ1n) is 4.95. The molecule has 0 aliphatic heterocycles. The number of hydrogen-bond donors (Lipinski definition) is 1. The van der Waals surface area contributed by atoms with Crippen LogP contribution in [0.2, 0.25) is 0 Å². The Kier molecular flexibility index (Phi) is 2.56. The highest BCUT2D eigenvalue weighted by atomic mass is 16.3. The van der Waals surface area contributed by atoms with Gasteiger partial charge in [-0.1, -0.05) is 18.2 Å². The van der Waals surface area contributed by atoms with Gasteiger partial charge in [0.25, 0.3) is 0 Å². The van der Waals surface area contributed by atoms with E-state index in [4.69, 9.17) is 5.11 Å². The minimum Gasteiger partial charge on any atom is -0.390 e. The summed E-state index contributed by atoms with van der Waals surface area (Å²) in [5, 5.41) is 13.3. The highest BCUT2D eigenvalue weighted by molar-refractivity contribution is 5.40. The molecule has 3 nitrogen and oxygen atoms in total. The van der Waals surface area contributed by atoms with E-state index < -0.39 is 0 Å². The van der Waals surface area contributed by atoms with Crippen LogP contribution in [0.3, 0.4) is 0 Å². The maximum Gasteiger partial charge on any atom is 0.0886 e. The van der Waals surface area contributed by atoms with Crippen molar-refractivity contribution in [3.8, 4) is 5.69 Å². The van der Waals surface area contributed by atoms with Gasteiger partial charge in [-0.3, -0.25) is 0 Å². The molecule has 1 N–H and O–H groups in total. The highest BCUT2D eigenvalue weighted by Crippen LogP contribution is 2.15. The molecule has 1 aromatic heterocycles. The molecule has 0 saturated carbocycles. The summed E-state index contributed by atoms with van der Waals surface area (Å²) in [7, 11) is 0. The van der Waals surface area contributed by atoms with Gasteiger partial charge in [0.05, 0.1) is 18.0 Å². The first-order chi connectivity index (χ1) is 7.22. The monoisotopic (exact) mass is 202 g/mol. The van der Waals surface area contributed by atoms with Gasteiger partial charge in [-0.05, 0) is 31.5 Å². The predicted octanol–water partition coefficient (Wildman–Crippen LogP) is 1.98.